The van der Waals surface area contributed by atoms with Crippen molar-refractivity contribution in [2.75, 3.05) is 44.6 Å². The first-order valence-corrected chi connectivity index (χ1v) is 14.5. The van der Waals surface area contributed by atoms with E-state index in [-0.39, 0.29) is 22.0 Å². The lowest BCUT2D eigenvalue weighted by Crippen LogP contribution is -2.35. The first kappa shape index (κ1) is 26.9. The third-order valence-corrected chi connectivity index (χ3v) is 8.02. The largest absolute Gasteiger partial charge is 0.489 e. The number of carbonyl (C=O) groups excluding carboxylic acids is 1. The van der Waals surface area contributed by atoms with Crippen LogP contribution in [0.5, 0.6) is 5.75 Å². The standard InChI is InChI=1S/C28H27ClN4O5S/c1-37-12-10-33-11-13-38-27-21(4-3-5-25(27)33)23-9-7-19-16-30-20(15-24(19)32-23)17-31-28(34)18-6-8-22(29)26(14-18)39(2,35)36/h3-9,14-16H,10-13,17H2,1-2H3,(H,31,34). The smallest absolute Gasteiger partial charge is 0.251 e. The molecule has 5 rings (SSSR count). The molecule has 9 nitrogen and oxygen atoms in total. The SMILES string of the molecule is COCCN1CCOc2c(-c3ccc4cnc(CNC(=O)c5ccc(Cl)c(S(C)(=O)=O)c5)cc4n3)cccc21. The number of hydrogen-bond donors (Lipinski definition) is 1. The summed E-state index contributed by atoms with van der Waals surface area (Å²) >= 11 is 5.99. The lowest BCUT2D eigenvalue weighted by molar-refractivity contribution is 0.0950. The lowest BCUT2D eigenvalue weighted by Gasteiger charge is -2.32. The molecule has 2 aromatic carbocycles. The van der Waals surface area contributed by atoms with Crippen molar-refractivity contribution in [2.24, 2.45) is 0 Å². The highest BCUT2D eigenvalue weighted by atomic mass is 35.5. The van der Waals surface area contributed by atoms with Crippen molar-refractivity contribution in [1.82, 2.24) is 15.3 Å². The summed E-state index contributed by atoms with van der Waals surface area (Å²) in [6.07, 6.45) is 2.76. The second kappa shape index (κ2) is 11.2. The fourth-order valence-corrected chi connectivity index (χ4v) is 5.75. The Bertz CT molecular complexity index is 1660. The number of ether oxygens (including phenoxy) is 2. The molecule has 2 aromatic heterocycles. The van der Waals surface area contributed by atoms with Gasteiger partial charge in [-0.2, -0.15) is 0 Å². The summed E-state index contributed by atoms with van der Waals surface area (Å²) in [6.45, 7) is 2.90. The van der Waals surface area contributed by atoms with E-state index in [1.165, 1.54) is 18.2 Å². The van der Waals surface area contributed by atoms with Crippen molar-refractivity contribution in [3.05, 3.63) is 77.1 Å². The van der Waals surface area contributed by atoms with Crippen molar-refractivity contribution in [3.63, 3.8) is 0 Å². The Labute approximate surface area is 231 Å². The van der Waals surface area contributed by atoms with Gasteiger partial charge in [0.2, 0.25) is 0 Å². The van der Waals surface area contributed by atoms with Crippen LogP contribution in [0.15, 0.2) is 65.7 Å². The first-order chi connectivity index (χ1) is 18.7. The molecule has 0 saturated carbocycles. The average Bonchev–Trinajstić information content (AvgIpc) is 2.93. The molecule has 11 heteroatoms. The summed E-state index contributed by atoms with van der Waals surface area (Å²) in [5.74, 6) is 0.357. The van der Waals surface area contributed by atoms with Crippen LogP contribution in [-0.4, -0.2) is 64.0 Å². The zero-order valence-corrected chi connectivity index (χ0v) is 23.1. The molecular formula is C28H27ClN4O5S. The van der Waals surface area contributed by atoms with Gasteiger partial charge in [0.15, 0.2) is 15.6 Å². The zero-order valence-electron chi connectivity index (χ0n) is 21.5. The number of halogens is 1. The number of nitrogens with zero attached hydrogens (tertiary/aromatic N) is 3. The summed E-state index contributed by atoms with van der Waals surface area (Å²) in [7, 11) is -1.88. The van der Waals surface area contributed by atoms with Crippen LogP contribution in [-0.2, 0) is 21.1 Å². The Kier molecular flexibility index (Phi) is 7.69. The molecule has 0 radical (unpaired) electrons. The van der Waals surface area contributed by atoms with E-state index in [1.54, 1.807) is 13.3 Å². The van der Waals surface area contributed by atoms with E-state index in [4.69, 9.17) is 26.1 Å². The van der Waals surface area contributed by atoms with Gasteiger partial charge in [-0.15, -0.1) is 0 Å². The third-order valence-electron chi connectivity index (χ3n) is 6.44. The summed E-state index contributed by atoms with van der Waals surface area (Å²) < 4.78 is 35.2. The number of carbonyl (C=O) groups is 1. The number of rotatable bonds is 8. The van der Waals surface area contributed by atoms with Gasteiger partial charge in [0.1, 0.15) is 6.61 Å². The van der Waals surface area contributed by atoms with Crippen LogP contribution in [0.2, 0.25) is 5.02 Å². The predicted octanol–water partition coefficient (Wildman–Crippen LogP) is 4.13. The summed E-state index contributed by atoms with van der Waals surface area (Å²) in [6, 6.07) is 15.9. The average molecular weight is 567 g/mol. The van der Waals surface area contributed by atoms with Gasteiger partial charge in [-0.1, -0.05) is 17.7 Å². The van der Waals surface area contributed by atoms with Gasteiger partial charge >= 0.3 is 0 Å². The molecule has 0 unspecified atom stereocenters. The number of benzene rings is 2. The van der Waals surface area contributed by atoms with Gasteiger partial charge < -0.3 is 19.7 Å². The van der Waals surface area contributed by atoms with Crippen LogP contribution in [0.1, 0.15) is 16.1 Å². The topological polar surface area (TPSA) is 111 Å². The van der Waals surface area contributed by atoms with Gasteiger partial charge in [-0.3, -0.25) is 9.78 Å². The second-order valence-corrected chi connectivity index (χ2v) is 11.5. The van der Waals surface area contributed by atoms with E-state index >= 15 is 0 Å². The van der Waals surface area contributed by atoms with Gasteiger partial charge in [0.25, 0.3) is 5.91 Å². The molecule has 0 spiro atoms. The zero-order chi connectivity index (χ0) is 27.6. The summed E-state index contributed by atoms with van der Waals surface area (Å²) in [5, 5.41) is 3.71. The molecule has 0 atom stereocenters. The van der Waals surface area contributed by atoms with E-state index < -0.39 is 15.7 Å². The molecule has 39 heavy (non-hydrogen) atoms. The number of hydrogen-bond acceptors (Lipinski definition) is 8. The highest BCUT2D eigenvalue weighted by Gasteiger charge is 2.22. The highest BCUT2D eigenvalue weighted by Crippen LogP contribution is 2.40. The fraction of sp³-hybridized carbons (Fsp3) is 0.250. The second-order valence-electron chi connectivity index (χ2n) is 9.15. The van der Waals surface area contributed by atoms with Crippen molar-refractivity contribution >= 4 is 43.9 Å². The maximum atomic E-state index is 12.7. The van der Waals surface area contributed by atoms with Crippen LogP contribution in [0, 0.1) is 0 Å². The number of nitrogens with one attached hydrogen (secondary N) is 1. The van der Waals surface area contributed by atoms with Crippen LogP contribution < -0.4 is 15.0 Å². The number of pyridine rings is 2. The monoisotopic (exact) mass is 566 g/mol. The number of aromatic nitrogens is 2. The van der Waals surface area contributed by atoms with Crippen molar-refractivity contribution in [3.8, 4) is 17.0 Å². The van der Waals surface area contributed by atoms with Crippen LogP contribution >= 0.6 is 11.6 Å². The van der Waals surface area contributed by atoms with Crippen LogP contribution in [0.4, 0.5) is 5.69 Å². The molecule has 4 aromatic rings. The number of anilines is 1. The van der Waals surface area contributed by atoms with E-state index in [2.05, 4.69) is 15.2 Å². The molecule has 0 aliphatic carbocycles. The van der Waals surface area contributed by atoms with Gasteiger partial charge in [0.05, 0.1) is 52.2 Å². The highest BCUT2D eigenvalue weighted by molar-refractivity contribution is 7.90. The predicted molar refractivity (Wildman–Crippen MR) is 150 cm³/mol. The van der Waals surface area contributed by atoms with Gasteiger partial charge in [-0.25, -0.2) is 13.4 Å². The van der Waals surface area contributed by atoms with Crippen molar-refractivity contribution < 1.29 is 22.7 Å². The Hall–Kier alpha value is -3.73. The van der Waals surface area contributed by atoms with Crippen LogP contribution in [0.25, 0.3) is 22.2 Å². The summed E-state index contributed by atoms with van der Waals surface area (Å²) in [4.78, 5) is 24.2. The van der Waals surface area contributed by atoms with E-state index in [9.17, 15) is 13.2 Å². The van der Waals surface area contributed by atoms with Crippen LogP contribution in [0.3, 0.4) is 0 Å². The first-order valence-electron chi connectivity index (χ1n) is 12.3. The Balaban J connectivity index is 1.38. The molecule has 1 N–H and O–H groups in total. The number of para-hydroxylation sites is 1. The Morgan fingerprint density at radius 2 is 2.03 bits per heavy atom. The Morgan fingerprint density at radius 1 is 1.18 bits per heavy atom. The molecule has 0 saturated heterocycles. The van der Waals surface area contributed by atoms with E-state index in [0.717, 1.165) is 52.9 Å². The molecule has 0 bridgehead atoms. The number of methoxy groups -OCH3 is 1. The molecular weight excluding hydrogens is 540 g/mol. The molecule has 3 heterocycles. The minimum atomic E-state index is -3.57. The molecule has 1 aliphatic heterocycles. The van der Waals surface area contributed by atoms with Crippen molar-refractivity contribution in [1.29, 1.82) is 0 Å². The third kappa shape index (κ3) is 5.83. The number of sulfone groups is 1. The van der Waals surface area contributed by atoms with E-state index in [1.807, 2.05) is 36.4 Å². The minimum Gasteiger partial charge on any atom is -0.489 e. The van der Waals surface area contributed by atoms with Gasteiger partial charge in [0, 0.05) is 42.6 Å². The molecule has 0 fully saturated rings. The van der Waals surface area contributed by atoms with E-state index in [0.29, 0.717) is 18.9 Å². The molecule has 202 valence electrons. The van der Waals surface area contributed by atoms with Gasteiger partial charge in [-0.05, 0) is 48.5 Å². The number of fused-ring (bicyclic) bond motifs is 2. The summed E-state index contributed by atoms with van der Waals surface area (Å²) in [5.41, 5.74) is 4.19. The minimum absolute atomic E-state index is 0.0693. The maximum Gasteiger partial charge on any atom is 0.251 e. The fourth-order valence-electron chi connectivity index (χ4n) is 4.45. The van der Waals surface area contributed by atoms with Crippen molar-refractivity contribution in [2.45, 2.75) is 11.4 Å². The lowest BCUT2D eigenvalue weighted by atomic mass is 10.1. The molecule has 1 amide bonds. The number of amides is 1. The Morgan fingerprint density at radius 3 is 2.82 bits per heavy atom. The normalized spacial score (nSPS) is 13.2. The molecule has 1 aliphatic rings. The quantitative estimate of drug-likeness (QED) is 0.339. The maximum absolute atomic E-state index is 12.7.